The summed E-state index contributed by atoms with van der Waals surface area (Å²) in [5, 5.41) is 11.5. The maximum atomic E-state index is 12.5. The van der Waals surface area contributed by atoms with Crippen molar-refractivity contribution in [2.75, 3.05) is 0 Å². The first-order chi connectivity index (χ1) is 12.1. The molecule has 25 heavy (non-hydrogen) atoms. The number of para-hydroxylation sites is 1. The molecule has 1 aliphatic carbocycles. The van der Waals surface area contributed by atoms with Crippen molar-refractivity contribution in [2.45, 2.75) is 25.4 Å². The number of nitrogens with one attached hydrogen (secondary N) is 1. The molecular weight excluding hydrogens is 322 g/mol. The van der Waals surface area contributed by atoms with Gasteiger partial charge in [-0.3, -0.25) is 9.59 Å². The molecule has 1 fully saturated rings. The van der Waals surface area contributed by atoms with Crippen LogP contribution in [0.2, 0.25) is 0 Å². The fourth-order valence-corrected chi connectivity index (χ4v) is 2.86. The number of aromatic nitrogens is 3. The number of primary amides is 1. The van der Waals surface area contributed by atoms with Crippen LogP contribution in [0.1, 0.15) is 35.1 Å². The molecule has 8 nitrogen and oxygen atoms in total. The second-order valence-corrected chi connectivity index (χ2v) is 6.24. The van der Waals surface area contributed by atoms with Crippen LogP contribution in [0, 0.1) is 5.92 Å². The second kappa shape index (κ2) is 6.04. The van der Waals surface area contributed by atoms with Crippen LogP contribution in [0.3, 0.4) is 0 Å². The summed E-state index contributed by atoms with van der Waals surface area (Å²) in [6, 6.07) is 9.49. The van der Waals surface area contributed by atoms with E-state index in [0.29, 0.717) is 5.92 Å². The van der Waals surface area contributed by atoms with E-state index >= 15 is 0 Å². The van der Waals surface area contributed by atoms with Crippen molar-refractivity contribution in [3.63, 3.8) is 0 Å². The number of benzene rings is 1. The summed E-state index contributed by atoms with van der Waals surface area (Å²) in [4.78, 5) is 23.4. The Morgan fingerprint density at radius 1 is 1.36 bits per heavy atom. The highest BCUT2D eigenvalue weighted by Crippen LogP contribution is 2.42. The smallest absolute Gasteiger partial charge is 0.274 e. The van der Waals surface area contributed by atoms with Crippen LogP contribution in [-0.2, 0) is 11.3 Å². The Morgan fingerprint density at radius 3 is 2.88 bits per heavy atom. The van der Waals surface area contributed by atoms with Crippen molar-refractivity contribution in [2.24, 2.45) is 11.7 Å². The predicted octanol–water partition coefficient (Wildman–Crippen LogP) is 1.39. The van der Waals surface area contributed by atoms with Crippen LogP contribution < -0.4 is 11.1 Å². The van der Waals surface area contributed by atoms with E-state index in [0.717, 1.165) is 29.6 Å². The van der Waals surface area contributed by atoms with Gasteiger partial charge in [0.1, 0.15) is 17.9 Å². The topological polar surface area (TPSA) is 116 Å². The van der Waals surface area contributed by atoms with Gasteiger partial charge in [-0.05, 0) is 30.9 Å². The van der Waals surface area contributed by atoms with Gasteiger partial charge < -0.3 is 15.5 Å². The molecule has 1 saturated carbocycles. The van der Waals surface area contributed by atoms with Gasteiger partial charge in [-0.2, -0.15) is 0 Å². The summed E-state index contributed by atoms with van der Waals surface area (Å²) in [6.07, 6.45) is 3.48. The van der Waals surface area contributed by atoms with Crippen molar-refractivity contribution < 1.29 is 14.0 Å². The average Bonchev–Trinajstić information content (AvgIpc) is 3.15. The van der Waals surface area contributed by atoms with Crippen LogP contribution in [0.5, 0.6) is 0 Å². The Balaban J connectivity index is 1.54. The monoisotopic (exact) mass is 339 g/mol. The maximum absolute atomic E-state index is 12.5. The van der Waals surface area contributed by atoms with Crippen LogP contribution in [0.25, 0.3) is 11.0 Å². The highest BCUT2D eigenvalue weighted by Gasteiger charge is 2.36. The summed E-state index contributed by atoms with van der Waals surface area (Å²) in [5.74, 6) is 0.190. The first-order valence-electron chi connectivity index (χ1n) is 8.08. The molecule has 3 aromatic rings. The molecule has 0 spiro atoms. The van der Waals surface area contributed by atoms with Crippen molar-refractivity contribution in [3.8, 4) is 0 Å². The zero-order chi connectivity index (χ0) is 17.4. The third-order valence-corrected chi connectivity index (χ3v) is 4.22. The highest BCUT2D eigenvalue weighted by molar-refractivity contribution is 5.92. The number of rotatable bonds is 6. The van der Waals surface area contributed by atoms with E-state index in [-0.39, 0.29) is 24.2 Å². The molecular formula is C17H17N5O3. The Bertz CT molecular complexity index is 908. The van der Waals surface area contributed by atoms with Gasteiger partial charge in [0.15, 0.2) is 5.69 Å². The fraction of sp³-hybridized carbons (Fsp3) is 0.294. The van der Waals surface area contributed by atoms with Crippen LogP contribution in [0.4, 0.5) is 0 Å². The third-order valence-electron chi connectivity index (χ3n) is 4.22. The molecule has 0 unspecified atom stereocenters. The molecule has 1 aromatic carbocycles. The normalized spacial score (nSPS) is 15.2. The summed E-state index contributed by atoms with van der Waals surface area (Å²) in [7, 11) is 0. The zero-order valence-corrected chi connectivity index (χ0v) is 13.4. The number of hydrogen-bond acceptors (Lipinski definition) is 5. The number of amides is 2. The minimum atomic E-state index is -0.546. The molecule has 128 valence electrons. The molecule has 0 bridgehead atoms. The summed E-state index contributed by atoms with van der Waals surface area (Å²) in [6.45, 7) is -0.115. The quantitative estimate of drug-likeness (QED) is 0.704. The van der Waals surface area contributed by atoms with Gasteiger partial charge in [-0.1, -0.05) is 23.4 Å². The second-order valence-electron chi connectivity index (χ2n) is 6.24. The Hall–Kier alpha value is -3.16. The van der Waals surface area contributed by atoms with Gasteiger partial charge in [0, 0.05) is 5.39 Å². The van der Waals surface area contributed by atoms with Gasteiger partial charge >= 0.3 is 0 Å². The van der Waals surface area contributed by atoms with Crippen LogP contribution in [-0.4, -0.2) is 26.8 Å². The molecule has 2 aromatic heterocycles. The van der Waals surface area contributed by atoms with E-state index in [4.69, 9.17) is 10.2 Å². The SMILES string of the molecule is NC(=O)Cn1cc(C(=O)N[C@H](c2cc3ccccc3o2)C2CC2)nn1. The average molecular weight is 339 g/mol. The van der Waals surface area contributed by atoms with E-state index in [2.05, 4.69) is 15.6 Å². The first kappa shape index (κ1) is 15.4. The summed E-state index contributed by atoms with van der Waals surface area (Å²) in [5.41, 5.74) is 6.05. The molecule has 2 amide bonds. The lowest BCUT2D eigenvalue weighted by atomic mass is 10.1. The zero-order valence-electron chi connectivity index (χ0n) is 13.4. The number of hydrogen-bond donors (Lipinski definition) is 2. The Kier molecular flexibility index (Phi) is 3.72. The first-order valence-corrected chi connectivity index (χ1v) is 8.08. The third kappa shape index (κ3) is 3.23. The van der Waals surface area contributed by atoms with Crippen molar-refractivity contribution >= 4 is 22.8 Å². The van der Waals surface area contributed by atoms with Crippen molar-refractivity contribution in [3.05, 3.63) is 48.0 Å². The minimum Gasteiger partial charge on any atom is -0.459 e. The summed E-state index contributed by atoms with van der Waals surface area (Å²) >= 11 is 0. The molecule has 0 saturated heterocycles. The highest BCUT2D eigenvalue weighted by atomic mass is 16.3. The number of furan rings is 1. The molecule has 0 radical (unpaired) electrons. The van der Waals surface area contributed by atoms with Crippen molar-refractivity contribution in [1.82, 2.24) is 20.3 Å². The number of nitrogens with zero attached hydrogens (tertiary/aromatic N) is 3. The number of fused-ring (bicyclic) bond motifs is 1. The van der Waals surface area contributed by atoms with Gasteiger partial charge in [0.05, 0.1) is 12.2 Å². The lowest BCUT2D eigenvalue weighted by Crippen LogP contribution is -2.30. The predicted molar refractivity (Wildman–Crippen MR) is 88.4 cm³/mol. The number of nitrogens with two attached hydrogens (primary N) is 1. The van der Waals surface area contributed by atoms with Gasteiger partial charge in [-0.25, -0.2) is 4.68 Å². The Labute approximate surface area is 143 Å². The fourth-order valence-electron chi connectivity index (χ4n) is 2.86. The maximum Gasteiger partial charge on any atom is 0.274 e. The van der Waals surface area contributed by atoms with Gasteiger partial charge in [0.2, 0.25) is 5.91 Å². The van der Waals surface area contributed by atoms with E-state index < -0.39 is 5.91 Å². The summed E-state index contributed by atoms with van der Waals surface area (Å²) < 4.78 is 7.15. The molecule has 1 aliphatic rings. The standard InChI is InChI=1S/C17H17N5O3/c18-15(23)9-22-8-12(20-21-22)17(24)19-16(10-5-6-10)14-7-11-3-1-2-4-13(11)25-14/h1-4,7-8,10,16H,5-6,9H2,(H2,18,23)(H,19,24)/t16-/m0/s1. The van der Waals surface area contributed by atoms with Gasteiger partial charge in [0.25, 0.3) is 5.91 Å². The number of carbonyl (C=O) groups excluding carboxylic acids is 2. The van der Waals surface area contributed by atoms with Crippen LogP contribution in [0.15, 0.2) is 40.9 Å². The molecule has 2 heterocycles. The van der Waals surface area contributed by atoms with E-state index in [1.807, 2.05) is 30.3 Å². The largest absolute Gasteiger partial charge is 0.459 e. The lowest BCUT2D eigenvalue weighted by Gasteiger charge is -2.14. The van der Waals surface area contributed by atoms with E-state index in [1.165, 1.54) is 10.9 Å². The Morgan fingerprint density at radius 2 is 2.16 bits per heavy atom. The van der Waals surface area contributed by atoms with Gasteiger partial charge in [-0.15, -0.1) is 5.10 Å². The van der Waals surface area contributed by atoms with E-state index in [1.54, 1.807) is 0 Å². The lowest BCUT2D eigenvalue weighted by molar-refractivity contribution is -0.118. The molecule has 4 rings (SSSR count). The van der Waals surface area contributed by atoms with E-state index in [9.17, 15) is 9.59 Å². The molecule has 1 atom stereocenters. The molecule has 3 N–H and O–H groups in total. The number of carbonyl (C=O) groups is 2. The van der Waals surface area contributed by atoms with Crippen LogP contribution >= 0.6 is 0 Å². The van der Waals surface area contributed by atoms with Crippen molar-refractivity contribution in [1.29, 1.82) is 0 Å². The molecule has 0 aliphatic heterocycles. The molecule has 8 heteroatoms. The minimum absolute atomic E-state index is 0.115.